The number of hydrogen-bond acceptors (Lipinski definition) is 4. The maximum atomic E-state index is 5.89. The zero-order valence-electron chi connectivity index (χ0n) is 12.7. The van der Waals surface area contributed by atoms with Crippen LogP contribution in [-0.2, 0) is 0 Å². The normalized spacial score (nSPS) is 16.2. The van der Waals surface area contributed by atoms with Crippen LogP contribution in [0.2, 0.25) is 10.2 Å². The van der Waals surface area contributed by atoms with Crippen molar-refractivity contribution in [3.63, 3.8) is 0 Å². The van der Waals surface area contributed by atoms with Gasteiger partial charge in [-0.2, -0.15) is 0 Å². The van der Waals surface area contributed by atoms with E-state index in [4.69, 9.17) is 23.2 Å². The Balaban J connectivity index is 1.47. The summed E-state index contributed by atoms with van der Waals surface area (Å²) in [4.78, 5) is 4.66. The molecule has 120 valence electrons. The Morgan fingerprint density at radius 3 is 2.30 bits per heavy atom. The zero-order valence-corrected chi connectivity index (χ0v) is 14.2. The van der Waals surface area contributed by atoms with E-state index >= 15 is 0 Å². The molecule has 1 aliphatic heterocycles. The molecule has 3 rings (SSSR count). The van der Waals surface area contributed by atoms with Crippen molar-refractivity contribution in [1.29, 1.82) is 0 Å². The summed E-state index contributed by atoms with van der Waals surface area (Å²) in [5, 5.41) is 9.24. The van der Waals surface area contributed by atoms with Crippen molar-refractivity contribution in [3.05, 3.63) is 58.2 Å². The van der Waals surface area contributed by atoms with Gasteiger partial charge in [0.05, 0.1) is 0 Å². The first-order valence-corrected chi connectivity index (χ1v) is 8.35. The summed E-state index contributed by atoms with van der Waals surface area (Å²) in [5.74, 6) is 0.894. The smallest absolute Gasteiger partial charge is 0.151 e. The molecule has 1 saturated heterocycles. The second-order valence-electron chi connectivity index (χ2n) is 5.46. The van der Waals surface area contributed by atoms with Gasteiger partial charge in [0.2, 0.25) is 0 Å². The first-order valence-electron chi connectivity index (χ1n) is 7.59. The van der Waals surface area contributed by atoms with Crippen LogP contribution in [0.3, 0.4) is 0 Å². The molecule has 0 atom stereocenters. The predicted molar refractivity (Wildman–Crippen MR) is 96.2 cm³/mol. The summed E-state index contributed by atoms with van der Waals surface area (Å²) in [5.41, 5.74) is 1.17. The van der Waals surface area contributed by atoms with E-state index in [1.807, 2.05) is 30.3 Å². The second-order valence-corrected chi connectivity index (χ2v) is 6.28. The van der Waals surface area contributed by atoms with Crippen LogP contribution in [0, 0.1) is 0 Å². The Hall–Kier alpha value is -1.62. The third kappa shape index (κ3) is 4.67. The van der Waals surface area contributed by atoms with Crippen molar-refractivity contribution < 1.29 is 0 Å². The van der Waals surface area contributed by atoms with Crippen LogP contribution in [0.4, 0.5) is 5.82 Å². The maximum absolute atomic E-state index is 5.89. The topological polar surface area (TPSA) is 32.3 Å². The largest absolute Gasteiger partial charge is 0.353 e. The predicted octanol–water partition coefficient (Wildman–Crippen LogP) is 3.62. The van der Waals surface area contributed by atoms with Gasteiger partial charge >= 0.3 is 0 Å². The Morgan fingerprint density at radius 2 is 1.65 bits per heavy atom. The molecule has 0 amide bonds. The van der Waals surface area contributed by atoms with Crippen molar-refractivity contribution in [2.45, 2.75) is 0 Å². The van der Waals surface area contributed by atoms with Gasteiger partial charge in [-0.05, 0) is 29.8 Å². The van der Waals surface area contributed by atoms with Gasteiger partial charge in [-0.1, -0.05) is 47.5 Å². The summed E-state index contributed by atoms with van der Waals surface area (Å²) in [7, 11) is 0. The third-order valence-corrected chi connectivity index (χ3v) is 4.31. The highest BCUT2D eigenvalue weighted by atomic mass is 35.5. The minimum atomic E-state index is 0.430. The van der Waals surface area contributed by atoms with Gasteiger partial charge in [0.15, 0.2) is 11.0 Å². The van der Waals surface area contributed by atoms with E-state index in [-0.39, 0.29) is 0 Å². The van der Waals surface area contributed by atoms with Crippen molar-refractivity contribution in [1.82, 2.24) is 15.1 Å². The molecule has 6 heteroatoms. The number of benzene rings is 1. The lowest BCUT2D eigenvalue weighted by atomic mass is 10.2. The van der Waals surface area contributed by atoms with Crippen molar-refractivity contribution >= 4 is 35.1 Å². The van der Waals surface area contributed by atoms with Crippen molar-refractivity contribution in [2.24, 2.45) is 0 Å². The van der Waals surface area contributed by atoms with Crippen LogP contribution in [-0.4, -0.2) is 47.8 Å². The molecule has 0 bridgehead atoms. The van der Waals surface area contributed by atoms with Gasteiger partial charge in [0.1, 0.15) is 0 Å². The van der Waals surface area contributed by atoms with Gasteiger partial charge in [-0.15, -0.1) is 10.2 Å². The standard InChI is InChI=1S/C17H18Cl2N4/c18-15-5-3-14(4-6-15)2-1-9-22-10-12-23(13-11-22)17-8-7-16(19)20-21-17/h1-8H,9-13H2. The number of piperazine rings is 1. The van der Waals surface area contributed by atoms with Gasteiger partial charge < -0.3 is 4.90 Å². The van der Waals surface area contributed by atoms with E-state index in [2.05, 4.69) is 32.1 Å². The van der Waals surface area contributed by atoms with Crippen molar-refractivity contribution in [3.8, 4) is 0 Å². The highest BCUT2D eigenvalue weighted by Gasteiger charge is 2.17. The van der Waals surface area contributed by atoms with E-state index < -0.39 is 0 Å². The van der Waals surface area contributed by atoms with Crippen LogP contribution >= 0.6 is 23.2 Å². The highest BCUT2D eigenvalue weighted by molar-refractivity contribution is 6.30. The molecule has 2 aromatic rings. The molecule has 0 saturated carbocycles. The fraction of sp³-hybridized carbons (Fsp3) is 0.294. The minimum Gasteiger partial charge on any atom is -0.353 e. The van der Waals surface area contributed by atoms with Crippen molar-refractivity contribution in [2.75, 3.05) is 37.6 Å². The minimum absolute atomic E-state index is 0.430. The molecule has 1 aliphatic rings. The summed E-state index contributed by atoms with van der Waals surface area (Å²) in [6.07, 6.45) is 4.33. The number of halogens is 2. The molecule has 0 aliphatic carbocycles. The lowest BCUT2D eigenvalue weighted by Crippen LogP contribution is -2.46. The Bertz CT molecular complexity index is 647. The molecule has 0 unspecified atom stereocenters. The number of aromatic nitrogens is 2. The summed E-state index contributed by atoms with van der Waals surface area (Å²) >= 11 is 11.7. The summed E-state index contributed by atoms with van der Waals surface area (Å²) < 4.78 is 0. The van der Waals surface area contributed by atoms with Crippen LogP contribution in [0.5, 0.6) is 0 Å². The van der Waals surface area contributed by atoms with Gasteiger partial charge in [-0.25, -0.2) is 0 Å². The van der Waals surface area contributed by atoms with Crippen LogP contribution < -0.4 is 4.90 Å². The van der Waals surface area contributed by atoms with E-state index in [0.717, 1.165) is 43.6 Å². The van der Waals surface area contributed by atoms with Gasteiger partial charge in [0.25, 0.3) is 0 Å². The Morgan fingerprint density at radius 1 is 0.913 bits per heavy atom. The molecule has 0 N–H and O–H groups in total. The summed E-state index contributed by atoms with van der Waals surface area (Å²) in [6, 6.07) is 11.6. The van der Waals surface area contributed by atoms with E-state index in [1.165, 1.54) is 5.56 Å². The number of rotatable bonds is 4. The zero-order chi connectivity index (χ0) is 16.1. The number of hydrogen-bond donors (Lipinski definition) is 0. The first-order chi connectivity index (χ1) is 11.2. The number of anilines is 1. The second kappa shape index (κ2) is 7.77. The van der Waals surface area contributed by atoms with Crippen LogP contribution in [0.25, 0.3) is 6.08 Å². The molecular formula is C17H18Cl2N4. The van der Waals surface area contributed by atoms with E-state index in [9.17, 15) is 0 Å². The molecule has 2 heterocycles. The lowest BCUT2D eigenvalue weighted by Gasteiger charge is -2.34. The quantitative estimate of drug-likeness (QED) is 0.844. The Labute approximate surface area is 146 Å². The average Bonchev–Trinajstić information content (AvgIpc) is 2.58. The monoisotopic (exact) mass is 348 g/mol. The Kier molecular flexibility index (Phi) is 5.49. The molecular weight excluding hydrogens is 331 g/mol. The number of nitrogens with zero attached hydrogens (tertiary/aromatic N) is 4. The highest BCUT2D eigenvalue weighted by Crippen LogP contribution is 2.14. The lowest BCUT2D eigenvalue weighted by molar-refractivity contribution is 0.283. The fourth-order valence-electron chi connectivity index (χ4n) is 2.55. The molecule has 0 spiro atoms. The molecule has 1 aromatic heterocycles. The van der Waals surface area contributed by atoms with Crippen LogP contribution in [0.15, 0.2) is 42.5 Å². The van der Waals surface area contributed by atoms with E-state index in [1.54, 1.807) is 6.07 Å². The van der Waals surface area contributed by atoms with Crippen LogP contribution in [0.1, 0.15) is 5.56 Å². The van der Waals surface area contributed by atoms with Gasteiger partial charge in [-0.3, -0.25) is 4.90 Å². The maximum Gasteiger partial charge on any atom is 0.151 e. The van der Waals surface area contributed by atoms with Gasteiger partial charge in [0, 0.05) is 37.7 Å². The fourth-order valence-corrected chi connectivity index (χ4v) is 2.78. The molecule has 1 aromatic carbocycles. The SMILES string of the molecule is Clc1ccc(C=CCN2CCN(c3ccc(Cl)nn3)CC2)cc1. The molecule has 1 fully saturated rings. The third-order valence-electron chi connectivity index (χ3n) is 3.86. The average molecular weight is 349 g/mol. The molecule has 0 radical (unpaired) electrons. The van der Waals surface area contributed by atoms with E-state index in [0.29, 0.717) is 5.15 Å². The molecule has 4 nitrogen and oxygen atoms in total. The first kappa shape index (κ1) is 16.2. The summed E-state index contributed by atoms with van der Waals surface area (Å²) in [6.45, 7) is 4.86. The molecule has 23 heavy (non-hydrogen) atoms.